The van der Waals surface area contributed by atoms with Gasteiger partial charge in [-0.25, -0.2) is 4.39 Å². The van der Waals surface area contributed by atoms with E-state index in [1.807, 2.05) is 24.3 Å². The lowest BCUT2D eigenvalue weighted by Gasteiger charge is -2.27. The van der Waals surface area contributed by atoms with E-state index in [2.05, 4.69) is 31.0 Å². The van der Waals surface area contributed by atoms with Gasteiger partial charge in [-0.05, 0) is 47.2 Å². The van der Waals surface area contributed by atoms with Gasteiger partial charge in [-0.1, -0.05) is 45.0 Å². The molecule has 0 atom stereocenters. The molecule has 7 heteroatoms. The summed E-state index contributed by atoms with van der Waals surface area (Å²) in [6.07, 6.45) is 0.682. The molecule has 2 aromatic rings. The van der Waals surface area contributed by atoms with E-state index in [9.17, 15) is 14.0 Å². The molecular weight excluding hydrogens is 433 g/mol. The minimum atomic E-state index is -0.393. The Labute approximate surface area is 200 Å². The number of halogens is 1. The van der Waals surface area contributed by atoms with Crippen LogP contribution in [-0.2, 0) is 19.7 Å². The molecule has 1 N–H and O–H groups in total. The largest absolute Gasteiger partial charge is 0.379 e. The number of imide groups is 1. The van der Waals surface area contributed by atoms with Crippen molar-refractivity contribution in [3.05, 3.63) is 71.2 Å². The highest BCUT2D eigenvalue weighted by Crippen LogP contribution is 2.31. The van der Waals surface area contributed by atoms with Crippen LogP contribution in [0.1, 0.15) is 38.3 Å². The number of hydrogen-bond acceptors (Lipinski definition) is 5. The summed E-state index contributed by atoms with van der Waals surface area (Å²) in [7, 11) is 0. The fourth-order valence-corrected chi connectivity index (χ4v) is 4.25. The first kappa shape index (κ1) is 24.1. The molecule has 0 spiro atoms. The van der Waals surface area contributed by atoms with E-state index in [4.69, 9.17) is 4.74 Å². The Balaban J connectivity index is 1.56. The Morgan fingerprint density at radius 1 is 0.912 bits per heavy atom. The fourth-order valence-electron chi connectivity index (χ4n) is 4.25. The van der Waals surface area contributed by atoms with Crippen LogP contribution in [-0.4, -0.2) is 61.0 Å². The zero-order chi connectivity index (χ0) is 24.3. The quantitative estimate of drug-likeness (QED) is 0.626. The number of nitrogens with one attached hydrogen (secondary N) is 1. The first-order chi connectivity index (χ1) is 16.2. The van der Waals surface area contributed by atoms with Crippen LogP contribution in [0.25, 0.3) is 5.57 Å². The average Bonchev–Trinajstić information content (AvgIpc) is 3.04. The molecule has 2 aromatic carbocycles. The summed E-state index contributed by atoms with van der Waals surface area (Å²) < 4.78 is 18.9. The van der Waals surface area contributed by atoms with Gasteiger partial charge in [0.05, 0.1) is 18.8 Å². The number of carbonyl (C=O) groups excluding carboxylic acids is 2. The van der Waals surface area contributed by atoms with Crippen molar-refractivity contribution in [2.24, 2.45) is 0 Å². The van der Waals surface area contributed by atoms with E-state index < -0.39 is 5.82 Å². The maximum absolute atomic E-state index is 13.5. The number of anilines is 1. The number of rotatable bonds is 7. The summed E-state index contributed by atoms with van der Waals surface area (Å²) in [6.45, 7) is 10.7. The van der Waals surface area contributed by atoms with Gasteiger partial charge < -0.3 is 10.1 Å². The maximum atomic E-state index is 13.5. The van der Waals surface area contributed by atoms with E-state index in [0.29, 0.717) is 31.7 Å². The molecule has 1 fully saturated rings. The Kier molecular flexibility index (Phi) is 7.14. The van der Waals surface area contributed by atoms with Crippen molar-refractivity contribution in [1.29, 1.82) is 0 Å². The van der Waals surface area contributed by atoms with Crippen molar-refractivity contribution < 1.29 is 18.7 Å². The molecule has 180 valence electrons. The number of benzene rings is 2. The molecule has 0 radical (unpaired) electrons. The van der Waals surface area contributed by atoms with Gasteiger partial charge in [-0.3, -0.25) is 19.4 Å². The molecule has 0 aromatic heterocycles. The van der Waals surface area contributed by atoms with Gasteiger partial charge in [0.1, 0.15) is 11.5 Å². The topological polar surface area (TPSA) is 61.9 Å². The molecule has 0 aliphatic carbocycles. The molecule has 0 unspecified atom stereocenters. The van der Waals surface area contributed by atoms with Gasteiger partial charge in [0.15, 0.2) is 0 Å². The summed E-state index contributed by atoms with van der Waals surface area (Å²) in [5.74, 6) is -1.10. The van der Waals surface area contributed by atoms with E-state index >= 15 is 0 Å². The zero-order valence-electron chi connectivity index (χ0n) is 20.1. The Morgan fingerprint density at radius 2 is 1.56 bits per heavy atom. The lowest BCUT2D eigenvalue weighted by molar-refractivity contribution is -0.136. The highest BCUT2D eigenvalue weighted by Gasteiger charge is 2.39. The SMILES string of the molecule is CC(C)(C)c1ccc(NC2=C(c3ccc(F)cc3)C(=O)N(CCCN3CCOCC3)C2=O)cc1. The predicted molar refractivity (Wildman–Crippen MR) is 131 cm³/mol. The molecule has 34 heavy (non-hydrogen) atoms. The van der Waals surface area contributed by atoms with Crippen LogP contribution in [0.5, 0.6) is 0 Å². The molecule has 6 nitrogen and oxygen atoms in total. The third kappa shape index (κ3) is 5.37. The second-order valence-electron chi connectivity index (χ2n) is 9.78. The lowest BCUT2D eigenvalue weighted by Crippen LogP contribution is -2.39. The van der Waals surface area contributed by atoms with Gasteiger partial charge in [0.2, 0.25) is 0 Å². The van der Waals surface area contributed by atoms with Crippen LogP contribution in [0.3, 0.4) is 0 Å². The van der Waals surface area contributed by atoms with Crippen LogP contribution in [0.15, 0.2) is 54.2 Å². The van der Waals surface area contributed by atoms with Crippen LogP contribution in [0.2, 0.25) is 0 Å². The summed E-state index contributed by atoms with van der Waals surface area (Å²) in [4.78, 5) is 30.3. The van der Waals surface area contributed by atoms with E-state index in [-0.39, 0.29) is 28.5 Å². The van der Waals surface area contributed by atoms with E-state index in [1.165, 1.54) is 34.7 Å². The van der Waals surface area contributed by atoms with Crippen molar-refractivity contribution in [2.75, 3.05) is 44.7 Å². The van der Waals surface area contributed by atoms with Crippen molar-refractivity contribution >= 4 is 23.1 Å². The zero-order valence-corrected chi connectivity index (χ0v) is 20.1. The molecule has 2 amide bonds. The predicted octanol–water partition coefficient (Wildman–Crippen LogP) is 4.04. The van der Waals surface area contributed by atoms with Gasteiger partial charge in [0, 0.05) is 31.9 Å². The fraction of sp³-hybridized carbons (Fsp3) is 0.407. The van der Waals surface area contributed by atoms with Crippen LogP contribution in [0.4, 0.5) is 10.1 Å². The summed E-state index contributed by atoms with van der Waals surface area (Å²) in [5.41, 5.74) is 2.92. The Bertz CT molecular complexity index is 1070. The first-order valence-electron chi connectivity index (χ1n) is 11.8. The third-order valence-electron chi connectivity index (χ3n) is 6.28. The van der Waals surface area contributed by atoms with Gasteiger partial charge in [-0.2, -0.15) is 0 Å². The van der Waals surface area contributed by atoms with Crippen molar-refractivity contribution in [3.8, 4) is 0 Å². The van der Waals surface area contributed by atoms with Crippen molar-refractivity contribution in [1.82, 2.24) is 9.80 Å². The highest BCUT2D eigenvalue weighted by atomic mass is 19.1. The number of morpholine rings is 1. The third-order valence-corrected chi connectivity index (χ3v) is 6.28. The number of hydrogen-bond donors (Lipinski definition) is 1. The summed E-state index contributed by atoms with van der Waals surface area (Å²) in [6, 6.07) is 13.5. The molecule has 4 rings (SSSR count). The molecule has 0 bridgehead atoms. The van der Waals surface area contributed by atoms with Crippen LogP contribution in [0, 0.1) is 5.82 Å². The molecule has 2 aliphatic rings. The number of ether oxygens (including phenoxy) is 1. The number of nitrogens with zero attached hydrogens (tertiary/aromatic N) is 2. The minimum absolute atomic E-state index is 0.00744. The second kappa shape index (κ2) is 10.1. The summed E-state index contributed by atoms with van der Waals surface area (Å²) >= 11 is 0. The molecular formula is C27H32FN3O3. The maximum Gasteiger partial charge on any atom is 0.278 e. The molecule has 1 saturated heterocycles. The molecule has 2 heterocycles. The molecule has 0 saturated carbocycles. The van der Waals surface area contributed by atoms with Gasteiger partial charge >= 0.3 is 0 Å². The summed E-state index contributed by atoms with van der Waals surface area (Å²) in [5, 5.41) is 3.18. The highest BCUT2D eigenvalue weighted by molar-refractivity contribution is 6.36. The van der Waals surface area contributed by atoms with Gasteiger partial charge in [0.25, 0.3) is 11.8 Å². The smallest absolute Gasteiger partial charge is 0.278 e. The Hall–Kier alpha value is -3.03. The number of amides is 2. The first-order valence-corrected chi connectivity index (χ1v) is 11.8. The minimum Gasteiger partial charge on any atom is -0.379 e. The van der Waals surface area contributed by atoms with Crippen molar-refractivity contribution in [3.63, 3.8) is 0 Å². The lowest BCUT2D eigenvalue weighted by atomic mass is 9.87. The average molecular weight is 466 g/mol. The van der Waals surface area contributed by atoms with Crippen LogP contribution < -0.4 is 5.32 Å². The van der Waals surface area contributed by atoms with E-state index in [0.717, 1.165) is 25.3 Å². The number of carbonyl (C=O) groups is 2. The standard InChI is InChI=1S/C27H32FN3O3/c1-27(2,3)20-7-11-22(12-8-20)29-24-23(19-5-9-21(28)10-6-19)25(32)31(26(24)33)14-4-13-30-15-17-34-18-16-30/h5-12,29H,4,13-18H2,1-3H3. The normalized spacial score (nSPS) is 17.6. The second-order valence-corrected chi connectivity index (χ2v) is 9.78. The van der Waals surface area contributed by atoms with Crippen LogP contribution >= 0.6 is 0 Å². The molecule has 2 aliphatic heterocycles. The Morgan fingerprint density at radius 3 is 2.18 bits per heavy atom. The monoisotopic (exact) mass is 465 g/mol. The van der Waals surface area contributed by atoms with Gasteiger partial charge in [-0.15, -0.1) is 0 Å². The van der Waals surface area contributed by atoms with Crippen molar-refractivity contribution in [2.45, 2.75) is 32.6 Å². The van der Waals surface area contributed by atoms with E-state index in [1.54, 1.807) is 0 Å².